The van der Waals surface area contributed by atoms with Gasteiger partial charge < -0.3 is 19.8 Å². The summed E-state index contributed by atoms with van der Waals surface area (Å²) in [6.45, 7) is 15.7. The van der Waals surface area contributed by atoms with Gasteiger partial charge >= 0.3 is 0 Å². The Morgan fingerprint density at radius 3 is 2.51 bits per heavy atom. The van der Waals surface area contributed by atoms with E-state index in [0.717, 1.165) is 69.3 Å². The Labute approximate surface area is 222 Å². The second kappa shape index (κ2) is 14.3. The maximum absolute atomic E-state index is 5.08. The van der Waals surface area contributed by atoms with E-state index in [2.05, 4.69) is 73.6 Å². The Balaban J connectivity index is 1.45. The highest BCUT2D eigenvalue weighted by molar-refractivity contribution is 5.85. The minimum absolute atomic E-state index is 0.762. The van der Waals surface area contributed by atoms with E-state index in [4.69, 9.17) is 4.98 Å². The lowest BCUT2D eigenvalue weighted by Crippen LogP contribution is -2.34. The maximum atomic E-state index is 5.08. The molecule has 1 aliphatic rings. The van der Waals surface area contributed by atoms with Gasteiger partial charge in [-0.1, -0.05) is 26.8 Å². The fraction of sp³-hybridized carbons (Fsp3) is 0.621. The molecule has 3 heterocycles. The Morgan fingerprint density at radius 1 is 0.946 bits per heavy atom. The van der Waals surface area contributed by atoms with Gasteiger partial charge in [-0.25, -0.2) is 9.97 Å². The molecule has 0 atom stereocenters. The lowest BCUT2D eigenvalue weighted by Gasteiger charge is -2.21. The largest absolute Gasteiger partial charge is 0.371 e. The van der Waals surface area contributed by atoms with Crippen LogP contribution in [0.25, 0.3) is 11.0 Å². The van der Waals surface area contributed by atoms with Crippen LogP contribution in [-0.4, -0.2) is 74.4 Å². The van der Waals surface area contributed by atoms with Gasteiger partial charge in [-0.2, -0.15) is 0 Å². The molecule has 0 bridgehead atoms. The molecule has 0 unspecified atom stereocenters. The second-order valence-electron chi connectivity index (χ2n) is 10.2. The molecule has 202 valence electrons. The van der Waals surface area contributed by atoms with Gasteiger partial charge in [0, 0.05) is 38.4 Å². The summed E-state index contributed by atoms with van der Waals surface area (Å²) in [5.74, 6) is 3.29. The van der Waals surface area contributed by atoms with Crippen LogP contribution in [0.15, 0.2) is 35.6 Å². The lowest BCUT2D eigenvalue weighted by molar-refractivity contribution is 0.269. The fourth-order valence-corrected chi connectivity index (χ4v) is 5.35. The number of fused-ring (bicyclic) bond motifs is 1. The highest BCUT2D eigenvalue weighted by Gasteiger charge is 2.16. The van der Waals surface area contributed by atoms with Crippen LogP contribution in [0.4, 0.5) is 0 Å². The molecule has 0 fully saturated rings. The van der Waals surface area contributed by atoms with Crippen LogP contribution >= 0.6 is 0 Å². The highest BCUT2D eigenvalue weighted by atomic mass is 15.2. The van der Waals surface area contributed by atoms with Gasteiger partial charge in [-0.3, -0.25) is 9.89 Å². The van der Waals surface area contributed by atoms with Gasteiger partial charge in [-0.15, -0.1) is 0 Å². The molecule has 8 heteroatoms. The number of H-pyrrole nitrogens is 1. The van der Waals surface area contributed by atoms with Crippen molar-refractivity contribution in [3.63, 3.8) is 0 Å². The van der Waals surface area contributed by atoms with Crippen molar-refractivity contribution in [2.45, 2.75) is 78.9 Å². The summed E-state index contributed by atoms with van der Waals surface area (Å²) in [6, 6.07) is 6.80. The van der Waals surface area contributed by atoms with Gasteiger partial charge in [0.2, 0.25) is 0 Å². The summed E-state index contributed by atoms with van der Waals surface area (Å²) in [7, 11) is 0. The van der Waals surface area contributed by atoms with Gasteiger partial charge in [0.05, 0.1) is 30.7 Å². The smallest absolute Gasteiger partial charge is 0.120 e. The minimum Gasteiger partial charge on any atom is -0.371 e. The number of nitrogens with one attached hydrogen (secondary N) is 2. The van der Waals surface area contributed by atoms with Gasteiger partial charge in [0.15, 0.2) is 0 Å². The zero-order chi connectivity index (χ0) is 25.9. The number of nitrogens with zero attached hydrogens (tertiary/aromatic N) is 6. The number of hydrogen-bond acceptors (Lipinski definition) is 6. The van der Waals surface area contributed by atoms with Crippen molar-refractivity contribution in [2.24, 2.45) is 4.99 Å². The molecule has 0 radical (unpaired) electrons. The van der Waals surface area contributed by atoms with Crippen LogP contribution in [0.3, 0.4) is 0 Å². The molecule has 2 aromatic heterocycles. The van der Waals surface area contributed by atoms with Crippen LogP contribution < -0.4 is 5.32 Å². The van der Waals surface area contributed by atoms with Crippen molar-refractivity contribution >= 4 is 16.9 Å². The van der Waals surface area contributed by atoms with E-state index in [1.165, 1.54) is 62.2 Å². The van der Waals surface area contributed by atoms with Crippen molar-refractivity contribution in [2.75, 3.05) is 39.3 Å². The molecule has 1 aliphatic heterocycles. The first-order valence-corrected chi connectivity index (χ1v) is 14.4. The first-order valence-electron chi connectivity index (χ1n) is 14.4. The van der Waals surface area contributed by atoms with Crippen molar-refractivity contribution in [1.82, 2.24) is 34.6 Å². The van der Waals surface area contributed by atoms with E-state index in [0.29, 0.717) is 0 Å². The third kappa shape index (κ3) is 7.89. The van der Waals surface area contributed by atoms with Gasteiger partial charge in [-0.05, 0) is 69.4 Å². The summed E-state index contributed by atoms with van der Waals surface area (Å²) in [4.78, 5) is 22.4. The third-order valence-electron chi connectivity index (χ3n) is 6.99. The minimum atomic E-state index is 0.762. The predicted octanol–water partition coefficient (Wildman–Crippen LogP) is 4.62. The second-order valence-corrected chi connectivity index (χ2v) is 10.2. The Hall–Kier alpha value is -2.71. The molecule has 4 rings (SSSR count). The maximum Gasteiger partial charge on any atom is 0.120 e. The lowest BCUT2D eigenvalue weighted by atomic mass is 10.1. The molecule has 0 saturated heterocycles. The van der Waals surface area contributed by atoms with Crippen molar-refractivity contribution in [1.29, 1.82) is 0 Å². The van der Waals surface area contributed by atoms with E-state index in [-0.39, 0.29) is 0 Å². The molecule has 1 aromatic carbocycles. The molecule has 2 N–H and O–H groups in total. The van der Waals surface area contributed by atoms with Crippen LogP contribution in [0, 0.1) is 0 Å². The van der Waals surface area contributed by atoms with Gasteiger partial charge in [0.25, 0.3) is 0 Å². The molecule has 3 aromatic rings. The zero-order valence-electron chi connectivity index (χ0n) is 23.2. The molecule has 0 aliphatic carbocycles. The number of amidine groups is 1. The van der Waals surface area contributed by atoms with Crippen LogP contribution in [0.2, 0.25) is 0 Å². The fourth-order valence-electron chi connectivity index (χ4n) is 5.35. The highest BCUT2D eigenvalue weighted by Crippen LogP contribution is 2.21. The number of hydrogen-bond donors (Lipinski definition) is 2. The summed E-state index contributed by atoms with van der Waals surface area (Å²) < 4.78 is 2.47. The number of aromatic nitrogens is 4. The number of imidazole rings is 2. The standard InChI is InChI=1S/C29H46N8/c1-4-16-35(17-5-2)19-8-7-9-29-34-25-11-10-24(20-26(25)37(29)18-6-3)21-36(22-27-30-12-13-31-27)23-28-32-14-15-33-28/h10-13,20H,4-9,14-19,21-23H2,1-3H3,(H,30,31)(H,32,33). The average molecular weight is 507 g/mol. The van der Waals surface area contributed by atoms with E-state index in [9.17, 15) is 0 Å². The summed E-state index contributed by atoms with van der Waals surface area (Å²) >= 11 is 0. The molecule has 0 saturated carbocycles. The number of aromatic amines is 1. The molecule has 8 nitrogen and oxygen atoms in total. The molecule has 0 spiro atoms. The molecule has 37 heavy (non-hydrogen) atoms. The number of aryl methyl sites for hydroxylation is 2. The Kier molecular flexibility index (Phi) is 10.6. The topological polar surface area (TPSA) is 77.4 Å². The summed E-state index contributed by atoms with van der Waals surface area (Å²) in [6.07, 6.45) is 10.8. The average Bonchev–Trinajstić information content (AvgIpc) is 3.65. The van der Waals surface area contributed by atoms with E-state index in [1.54, 1.807) is 0 Å². The van der Waals surface area contributed by atoms with Crippen LogP contribution in [0.1, 0.15) is 70.1 Å². The zero-order valence-corrected chi connectivity index (χ0v) is 23.2. The van der Waals surface area contributed by atoms with E-state index < -0.39 is 0 Å². The summed E-state index contributed by atoms with van der Waals surface area (Å²) in [5, 5.41) is 3.42. The predicted molar refractivity (Wildman–Crippen MR) is 153 cm³/mol. The Bertz CT molecular complexity index is 1090. The monoisotopic (exact) mass is 506 g/mol. The first-order chi connectivity index (χ1) is 18.2. The van der Waals surface area contributed by atoms with E-state index >= 15 is 0 Å². The summed E-state index contributed by atoms with van der Waals surface area (Å²) in [5.41, 5.74) is 3.68. The van der Waals surface area contributed by atoms with Crippen molar-refractivity contribution in [3.05, 3.63) is 47.8 Å². The number of aliphatic imine (C=N–C) groups is 1. The molecular weight excluding hydrogens is 460 g/mol. The molecule has 0 amide bonds. The van der Waals surface area contributed by atoms with Crippen molar-refractivity contribution < 1.29 is 0 Å². The van der Waals surface area contributed by atoms with Crippen LogP contribution in [0.5, 0.6) is 0 Å². The number of benzene rings is 1. The van der Waals surface area contributed by atoms with Gasteiger partial charge in [0.1, 0.15) is 17.5 Å². The first kappa shape index (κ1) is 27.3. The van der Waals surface area contributed by atoms with Crippen molar-refractivity contribution in [3.8, 4) is 0 Å². The van der Waals surface area contributed by atoms with E-state index in [1.807, 2.05) is 12.4 Å². The van der Waals surface area contributed by atoms with Crippen LogP contribution in [-0.2, 0) is 26.1 Å². The number of rotatable bonds is 17. The Morgan fingerprint density at radius 2 is 1.81 bits per heavy atom. The quantitative estimate of drug-likeness (QED) is 0.261. The number of unbranched alkanes of at least 4 members (excludes halogenated alkanes) is 1. The SMILES string of the molecule is CCCN(CCC)CCCCc1nc2ccc(CN(CC3=NCCN3)Cc3ncc[nH]3)cc2n1CCC. The third-order valence-corrected chi connectivity index (χ3v) is 6.99. The normalized spacial score (nSPS) is 13.7. The molecular formula is C29H46N8.